The molecule has 0 spiro atoms. The first-order chi connectivity index (χ1) is 11.2. The van der Waals surface area contributed by atoms with Crippen LogP contribution >= 0.6 is 0 Å². The molecule has 1 N–H and O–H groups in total. The number of carboxylic acids is 1. The molecule has 0 aliphatic heterocycles. The summed E-state index contributed by atoms with van der Waals surface area (Å²) in [4.78, 5) is 28.9. The number of rotatable bonds is 5. The van der Waals surface area contributed by atoms with E-state index in [1.807, 2.05) is 6.92 Å². The Balaban J connectivity index is 2.17. The molecule has 2 rings (SSSR count). The number of pyridine rings is 1. The molecular formula is C19H22N2O3. The maximum absolute atomic E-state index is 12.6. The molecule has 0 unspecified atom stereocenters. The zero-order valence-corrected chi connectivity index (χ0v) is 14.4. The first kappa shape index (κ1) is 17.7. The van der Waals surface area contributed by atoms with Gasteiger partial charge in [0, 0.05) is 30.8 Å². The molecule has 1 aromatic carbocycles. The van der Waals surface area contributed by atoms with E-state index < -0.39 is 5.97 Å². The fraction of sp³-hybridized carbons (Fsp3) is 0.316. The highest BCUT2D eigenvalue weighted by Gasteiger charge is 2.25. The van der Waals surface area contributed by atoms with E-state index in [1.165, 1.54) is 23.9 Å². The van der Waals surface area contributed by atoms with E-state index in [9.17, 15) is 9.59 Å². The zero-order chi connectivity index (χ0) is 17.9. The second-order valence-corrected chi connectivity index (χ2v) is 6.65. The van der Waals surface area contributed by atoms with E-state index >= 15 is 0 Å². The molecule has 0 saturated carbocycles. The first-order valence-corrected chi connectivity index (χ1v) is 7.72. The fourth-order valence-electron chi connectivity index (χ4n) is 2.66. The highest BCUT2D eigenvalue weighted by molar-refractivity contribution is 5.96. The molecule has 0 radical (unpaired) electrons. The van der Waals surface area contributed by atoms with Crippen molar-refractivity contribution in [3.8, 4) is 0 Å². The monoisotopic (exact) mass is 326 g/mol. The van der Waals surface area contributed by atoms with Crippen LogP contribution in [-0.4, -0.2) is 40.5 Å². The molecule has 24 heavy (non-hydrogen) atoms. The smallest absolute Gasteiger partial charge is 0.354 e. The SMILES string of the molecule is Cc1ccc(C(C)(C)CN(C)C(=O)c2ccnc(C(=O)O)c2)cc1. The van der Waals surface area contributed by atoms with Crippen LogP contribution in [0.3, 0.4) is 0 Å². The summed E-state index contributed by atoms with van der Waals surface area (Å²) < 4.78 is 0. The summed E-state index contributed by atoms with van der Waals surface area (Å²) in [5, 5.41) is 9.00. The first-order valence-electron chi connectivity index (χ1n) is 7.72. The number of benzene rings is 1. The molecule has 0 fully saturated rings. The number of carbonyl (C=O) groups excluding carboxylic acids is 1. The Morgan fingerprint density at radius 2 is 1.79 bits per heavy atom. The normalized spacial score (nSPS) is 11.2. The number of aryl methyl sites for hydroxylation is 1. The third-order valence-electron chi connectivity index (χ3n) is 4.04. The molecule has 1 amide bonds. The number of carboxylic acid groups (broad SMARTS) is 1. The van der Waals surface area contributed by atoms with Crippen molar-refractivity contribution in [1.82, 2.24) is 9.88 Å². The van der Waals surface area contributed by atoms with Gasteiger partial charge in [0.05, 0.1) is 0 Å². The van der Waals surface area contributed by atoms with Crippen molar-refractivity contribution in [2.75, 3.05) is 13.6 Å². The van der Waals surface area contributed by atoms with E-state index in [1.54, 1.807) is 11.9 Å². The molecule has 0 bridgehead atoms. The van der Waals surface area contributed by atoms with Gasteiger partial charge in [-0.2, -0.15) is 0 Å². The van der Waals surface area contributed by atoms with Crippen LogP contribution in [0, 0.1) is 6.92 Å². The largest absolute Gasteiger partial charge is 0.477 e. The van der Waals surface area contributed by atoms with Crippen LogP contribution in [0.4, 0.5) is 0 Å². The average molecular weight is 326 g/mol. The Bertz CT molecular complexity index is 751. The van der Waals surface area contributed by atoms with Crippen molar-refractivity contribution in [2.45, 2.75) is 26.2 Å². The van der Waals surface area contributed by atoms with Gasteiger partial charge in [0.2, 0.25) is 0 Å². The summed E-state index contributed by atoms with van der Waals surface area (Å²) >= 11 is 0. The van der Waals surface area contributed by atoms with Gasteiger partial charge in [-0.15, -0.1) is 0 Å². The Hall–Kier alpha value is -2.69. The van der Waals surface area contributed by atoms with Crippen LogP contribution in [0.15, 0.2) is 42.6 Å². The maximum atomic E-state index is 12.6. The van der Waals surface area contributed by atoms with Crippen LogP contribution in [-0.2, 0) is 5.41 Å². The quantitative estimate of drug-likeness (QED) is 0.916. The second kappa shape index (κ2) is 6.83. The number of hydrogen-bond acceptors (Lipinski definition) is 3. The fourth-order valence-corrected chi connectivity index (χ4v) is 2.66. The van der Waals surface area contributed by atoms with Crippen LogP contribution in [0.25, 0.3) is 0 Å². The predicted molar refractivity (Wildman–Crippen MR) is 92.4 cm³/mol. The zero-order valence-electron chi connectivity index (χ0n) is 14.4. The van der Waals surface area contributed by atoms with Gasteiger partial charge in [-0.25, -0.2) is 9.78 Å². The molecule has 2 aromatic rings. The minimum absolute atomic E-state index is 0.132. The topological polar surface area (TPSA) is 70.5 Å². The minimum atomic E-state index is -1.15. The molecule has 1 aromatic heterocycles. The number of carbonyl (C=O) groups is 2. The van der Waals surface area contributed by atoms with Gasteiger partial charge in [0.1, 0.15) is 5.69 Å². The van der Waals surface area contributed by atoms with Gasteiger partial charge in [-0.1, -0.05) is 43.7 Å². The van der Waals surface area contributed by atoms with Crippen molar-refractivity contribution < 1.29 is 14.7 Å². The molecule has 5 nitrogen and oxygen atoms in total. The molecule has 0 saturated heterocycles. The van der Waals surface area contributed by atoms with Crippen molar-refractivity contribution in [1.29, 1.82) is 0 Å². The Labute approximate surface area is 142 Å². The lowest BCUT2D eigenvalue weighted by Crippen LogP contribution is -2.38. The number of nitrogens with zero attached hydrogens (tertiary/aromatic N) is 2. The Morgan fingerprint density at radius 3 is 2.38 bits per heavy atom. The summed E-state index contributed by atoms with van der Waals surface area (Å²) in [7, 11) is 1.72. The van der Waals surface area contributed by atoms with E-state index in [0.29, 0.717) is 12.1 Å². The standard InChI is InChI=1S/C19H22N2O3/c1-13-5-7-15(8-6-13)19(2,3)12-21(4)17(22)14-9-10-20-16(11-14)18(23)24/h5-11H,12H2,1-4H3,(H,23,24). The molecular weight excluding hydrogens is 304 g/mol. The number of aromatic nitrogens is 1. The molecule has 0 atom stereocenters. The van der Waals surface area contributed by atoms with Crippen LogP contribution in [0.1, 0.15) is 45.8 Å². The van der Waals surface area contributed by atoms with Crippen LogP contribution in [0.5, 0.6) is 0 Å². The van der Waals surface area contributed by atoms with Crippen molar-refractivity contribution in [3.63, 3.8) is 0 Å². The van der Waals surface area contributed by atoms with Gasteiger partial charge in [0.25, 0.3) is 5.91 Å². The summed E-state index contributed by atoms with van der Waals surface area (Å²) in [6.07, 6.45) is 1.34. The summed E-state index contributed by atoms with van der Waals surface area (Å²) in [6, 6.07) is 11.1. The van der Waals surface area contributed by atoms with Crippen molar-refractivity contribution in [2.24, 2.45) is 0 Å². The summed E-state index contributed by atoms with van der Waals surface area (Å²) in [6.45, 7) is 6.71. The lowest BCUT2D eigenvalue weighted by molar-refractivity contribution is 0.0690. The van der Waals surface area contributed by atoms with Crippen molar-refractivity contribution >= 4 is 11.9 Å². The van der Waals surface area contributed by atoms with Crippen LogP contribution in [0.2, 0.25) is 0 Å². The minimum Gasteiger partial charge on any atom is -0.477 e. The Kier molecular flexibility index (Phi) is 5.02. The highest BCUT2D eigenvalue weighted by Crippen LogP contribution is 2.25. The van der Waals surface area contributed by atoms with E-state index in [0.717, 1.165) is 5.56 Å². The van der Waals surface area contributed by atoms with Gasteiger partial charge in [-0.3, -0.25) is 4.79 Å². The van der Waals surface area contributed by atoms with Gasteiger partial charge < -0.3 is 10.0 Å². The van der Waals surface area contributed by atoms with Crippen LogP contribution < -0.4 is 0 Å². The second-order valence-electron chi connectivity index (χ2n) is 6.65. The lowest BCUT2D eigenvalue weighted by atomic mass is 9.83. The lowest BCUT2D eigenvalue weighted by Gasteiger charge is -2.31. The van der Waals surface area contributed by atoms with E-state index in [4.69, 9.17) is 5.11 Å². The van der Waals surface area contributed by atoms with E-state index in [2.05, 4.69) is 43.1 Å². The molecule has 126 valence electrons. The molecule has 0 aliphatic carbocycles. The highest BCUT2D eigenvalue weighted by atomic mass is 16.4. The number of hydrogen-bond donors (Lipinski definition) is 1. The number of aromatic carboxylic acids is 1. The maximum Gasteiger partial charge on any atom is 0.354 e. The Morgan fingerprint density at radius 1 is 1.17 bits per heavy atom. The van der Waals surface area contributed by atoms with E-state index in [-0.39, 0.29) is 17.0 Å². The summed E-state index contributed by atoms with van der Waals surface area (Å²) in [5.74, 6) is -1.37. The molecule has 0 aliphatic rings. The molecule has 5 heteroatoms. The third kappa shape index (κ3) is 3.98. The third-order valence-corrected chi connectivity index (χ3v) is 4.04. The number of amides is 1. The predicted octanol–water partition coefficient (Wildman–Crippen LogP) is 3.14. The van der Waals surface area contributed by atoms with Gasteiger partial charge in [0.15, 0.2) is 0 Å². The van der Waals surface area contributed by atoms with Gasteiger partial charge >= 0.3 is 5.97 Å². The average Bonchev–Trinajstić information content (AvgIpc) is 2.54. The van der Waals surface area contributed by atoms with Crippen molar-refractivity contribution in [3.05, 3.63) is 65.0 Å². The molecule has 1 heterocycles. The summed E-state index contributed by atoms with van der Waals surface area (Å²) in [5.41, 5.74) is 2.31. The van der Waals surface area contributed by atoms with Gasteiger partial charge in [-0.05, 0) is 24.6 Å². The number of likely N-dealkylation sites (N-methyl/N-ethyl adjacent to an activating group) is 1.